The number of pyridine rings is 2. The van der Waals surface area contributed by atoms with Crippen LogP contribution < -0.4 is 31.9 Å². The number of anilines is 2. The molecule has 0 aliphatic heterocycles. The summed E-state index contributed by atoms with van der Waals surface area (Å²) in [5, 5.41) is 27.0. The molecule has 0 unspecified atom stereocenters. The number of carbonyl (C=O) groups excluding carboxylic acids is 5. The summed E-state index contributed by atoms with van der Waals surface area (Å²) in [6, 6.07) is 16.5. The fourth-order valence-corrected chi connectivity index (χ4v) is 5.84. The van der Waals surface area contributed by atoms with E-state index in [1.165, 1.54) is 19.4 Å². The van der Waals surface area contributed by atoms with Crippen LogP contribution in [0.15, 0.2) is 73.1 Å². The SMILES string of the molecule is COC(=O)[C@H](CO)NCc1ccc(C(=O)Nc2cccc(-c3cccc(NC(=O)c4ccc(CNCCNC(=O)CCCNC(=O)OC(C)(C)C)cn4)c3C)c2Cl)nc1. The number of halogens is 1. The van der Waals surface area contributed by atoms with Gasteiger partial charge in [0, 0.05) is 62.8 Å². The van der Waals surface area contributed by atoms with Gasteiger partial charge in [-0.05, 0) is 80.6 Å². The Balaban J connectivity index is 1.25. The second-order valence-corrected chi connectivity index (χ2v) is 14.7. The maximum atomic E-state index is 13.2. The topological polar surface area (TPSA) is 222 Å². The number of rotatable bonds is 19. The Morgan fingerprint density at radius 3 is 1.98 bits per heavy atom. The average molecular weight is 831 g/mol. The van der Waals surface area contributed by atoms with Gasteiger partial charge in [-0.1, -0.05) is 48.0 Å². The minimum absolute atomic E-state index is 0.113. The quantitative estimate of drug-likeness (QED) is 0.0503. The number of carbonyl (C=O) groups is 5. The predicted molar refractivity (Wildman–Crippen MR) is 224 cm³/mol. The van der Waals surface area contributed by atoms with E-state index >= 15 is 0 Å². The highest BCUT2D eigenvalue weighted by Crippen LogP contribution is 2.37. The van der Waals surface area contributed by atoms with Crippen LogP contribution in [0.3, 0.4) is 0 Å². The van der Waals surface area contributed by atoms with Gasteiger partial charge in [0.1, 0.15) is 23.0 Å². The number of aliphatic hydroxyl groups is 1. The zero-order valence-electron chi connectivity index (χ0n) is 33.7. The van der Waals surface area contributed by atoms with Crippen LogP contribution in [0.5, 0.6) is 0 Å². The Hall–Kier alpha value is -5.94. The standard InChI is InChI=1S/C42H51ClN8O8/c1-26-29(30-10-7-12-32(37(30)43)51-39(55)34-17-15-28(23-48-34)24-49-35(25-52)40(56)58-5)9-6-11-31(26)50-38(54)33-16-14-27(22-47-33)21-44-19-20-45-36(53)13-8-18-46-41(57)59-42(2,3)4/h6-7,9-12,14-17,22-23,35,44,49,52H,8,13,18-21,24-25H2,1-5H3,(H,45,53)(H,46,57)(H,50,54)(H,51,55)/t35-/m0/s1. The second-order valence-electron chi connectivity index (χ2n) is 14.4. The van der Waals surface area contributed by atoms with E-state index in [4.69, 9.17) is 16.3 Å². The molecule has 0 bridgehead atoms. The van der Waals surface area contributed by atoms with Crippen molar-refractivity contribution in [3.05, 3.63) is 106 Å². The molecule has 16 nitrogen and oxygen atoms in total. The molecule has 2 heterocycles. The van der Waals surface area contributed by atoms with Crippen molar-refractivity contribution in [1.82, 2.24) is 31.2 Å². The lowest BCUT2D eigenvalue weighted by atomic mass is 9.98. The van der Waals surface area contributed by atoms with Crippen LogP contribution in [-0.2, 0) is 32.2 Å². The highest BCUT2D eigenvalue weighted by molar-refractivity contribution is 6.36. The number of nitrogens with one attached hydrogen (secondary N) is 6. The molecule has 314 valence electrons. The summed E-state index contributed by atoms with van der Waals surface area (Å²) in [7, 11) is 1.24. The molecular weight excluding hydrogens is 780 g/mol. The Morgan fingerprint density at radius 2 is 1.39 bits per heavy atom. The molecular formula is C42H51ClN8O8. The van der Waals surface area contributed by atoms with E-state index in [1.807, 2.05) is 19.1 Å². The summed E-state index contributed by atoms with van der Waals surface area (Å²) in [6.45, 7) is 8.77. The summed E-state index contributed by atoms with van der Waals surface area (Å²) in [6.07, 6.45) is 3.37. The molecule has 7 N–H and O–H groups in total. The van der Waals surface area contributed by atoms with Crippen LogP contribution >= 0.6 is 11.6 Å². The van der Waals surface area contributed by atoms with Crippen molar-refractivity contribution >= 4 is 52.8 Å². The van der Waals surface area contributed by atoms with Crippen LogP contribution in [0.1, 0.15) is 71.3 Å². The Morgan fingerprint density at radius 1 is 0.780 bits per heavy atom. The minimum atomic E-state index is -0.885. The van der Waals surface area contributed by atoms with Crippen molar-refractivity contribution in [1.29, 1.82) is 0 Å². The number of alkyl carbamates (subject to hydrolysis) is 1. The predicted octanol–water partition coefficient (Wildman–Crippen LogP) is 4.74. The van der Waals surface area contributed by atoms with Gasteiger partial charge >= 0.3 is 12.1 Å². The van der Waals surface area contributed by atoms with Crippen LogP contribution in [0.25, 0.3) is 11.1 Å². The number of aliphatic hydroxyl groups excluding tert-OH is 1. The van der Waals surface area contributed by atoms with Crippen LogP contribution in [0, 0.1) is 6.92 Å². The molecule has 0 fully saturated rings. The van der Waals surface area contributed by atoms with Gasteiger partial charge in [-0.25, -0.2) is 4.79 Å². The number of nitrogens with zero attached hydrogens (tertiary/aromatic N) is 2. The lowest BCUT2D eigenvalue weighted by molar-refractivity contribution is -0.144. The van der Waals surface area contributed by atoms with Crippen molar-refractivity contribution in [2.75, 3.05) is 44.0 Å². The van der Waals surface area contributed by atoms with Gasteiger partial charge in [0.2, 0.25) is 5.91 Å². The van der Waals surface area contributed by atoms with E-state index in [2.05, 4.69) is 46.6 Å². The van der Waals surface area contributed by atoms with Gasteiger partial charge in [0.25, 0.3) is 11.8 Å². The summed E-state index contributed by atoms with van der Waals surface area (Å²) >= 11 is 6.84. The summed E-state index contributed by atoms with van der Waals surface area (Å²) < 4.78 is 9.82. The molecule has 4 rings (SSSR count). The molecule has 1 atom stereocenters. The molecule has 0 saturated heterocycles. The number of methoxy groups -OCH3 is 1. The van der Waals surface area contributed by atoms with Gasteiger partial charge in [-0.2, -0.15) is 0 Å². The van der Waals surface area contributed by atoms with Crippen LogP contribution in [-0.4, -0.2) is 89.9 Å². The molecule has 0 radical (unpaired) electrons. The van der Waals surface area contributed by atoms with E-state index in [0.717, 1.165) is 16.7 Å². The van der Waals surface area contributed by atoms with Crippen molar-refractivity contribution < 1.29 is 38.6 Å². The Kier molecular flexibility index (Phi) is 17.3. The highest BCUT2D eigenvalue weighted by atomic mass is 35.5. The lowest BCUT2D eigenvalue weighted by Gasteiger charge is -2.19. The number of ether oxygens (including phenoxy) is 2. The van der Waals surface area contributed by atoms with Crippen molar-refractivity contribution in [2.45, 2.75) is 65.3 Å². The summed E-state index contributed by atoms with van der Waals surface area (Å²) in [5.74, 6) is -1.59. The first kappa shape index (κ1) is 45.8. The largest absolute Gasteiger partial charge is 0.468 e. The molecule has 4 aromatic rings. The van der Waals surface area contributed by atoms with Gasteiger partial charge in [-0.15, -0.1) is 0 Å². The first-order valence-electron chi connectivity index (χ1n) is 19.0. The molecule has 2 aromatic heterocycles. The fourth-order valence-electron chi connectivity index (χ4n) is 5.57. The van der Waals surface area contributed by atoms with Crippen LogP contribution in [0.4, 0.5) is 16.2 Å². The third-order valence-electron chi connectivity index (χ3n) is 8.66. The maximum absolute atomic E-state index is 13.2. The molecule has 17 heteroatoms. The number of amides is 4. The third-order valence-corrected chi connectivity index (χ3v) is 9.06. The van der Waals surface area contributed by atoms with E-state index in [-0.39, 0.29) is 30.3 Å². The summed E-state index contributed by atoms with van der Waals surface area (Å²) in [4.78, 5) is 70.4. The van der Waals surface area contributed by atoms with Gasteiger partial charge in [-0.3, -0.25) is 34.5 Å². The van der Waals surface area contributed by atoms with Gasteiger partial charge in [0.05, 0.1) is 24.4 Å². The Bertz CT molecular complexity index is 2070. The lowest BCUT2D eigenvalue weighted by Crippen LogP contribution is -2.40. The van der Waals surface area contributed by atoms with E-state index in [0.29, 0.717) is 60.1 Å². The fraction of sp³-hybridized carbons (Fsp3) is 0.357. The minimum Gasteiger partial charge on any atom is -0.468 e. The second kappa shape index (κ2) is 22.3. The normalized spacial score (nSPS) is 11.6. The highest BCUT2D eigenvalue weighted by Gasteiger charge is 2.19. The maximum Gasteiger partial charge on any atom is 0.407 e. The third kappa shape index (κ3) is 14.4. The number of hydrogen-bond donors (Lipinski definition) is 7. The van der Waals surface area contributed by atoms with E-state index in [1.54, 1.807) is 69.4 Å². The number of hydrogen-bond acceptors (Lipinski definition) is 12. The molecule has 0 aliphatic carbocycles. The van der Waals surface area contributed by atoms with Crippen molar-refractivity contribution in [3.8, 4) is 11.1 Å². The van der Waals surface area contributed by atoms with Gasteiger partial charge < -0.3 is 41.2 Å². The molecule has 0 spiro atoms. The molecule has 59 heavy (non-hydrogen) atoms. The first-order valence-corrected chi connectivity index (χ1v) is 19.3. The number of benzene rings is 2. The average Bonchev–Trinajstić information content (AvgIpc) is 3.21. The van der Waals surface area contributed by atoms with E-state index in [9.17, 15) is 29.1 Å². The van der Waals surface area contributed by atoms with Crippen LogP contribution in [0.2, 0.25) is 5.02 Å². The summed E-state index contributed by atoms with van der Waals surface area (Å²) in [5.41, 5.74) is 4.38. The smallest absolute Gasteiger partial charge is 0.407 e. The first-order chi connectivity index (χ1) is 28.2. The monoisotopic (exact) mass is 830 g/mol. The van der Waals surface area contributed by atoms with Crippen molar-refractivity contribution in [2.24, 2.45) is 0 Å². The zero-order valence-corrected chi connectivity index (χ0v) is 34.5. The number of esters is 1. The Labute approximate surface area is 348 Å². The van der Waals surface area contributed by atoms with Gasteiger partial charge in [0.15, 0.2) is 0 Å². The zero-order chi connectivity index (χ0) is 43.0. The molecule has 4 amide bonds. The molecule has 0 aliphatic rings. The number of aromatic nitrogens is 2. The molecule has 0 saturated carbocycles. The van der Waals surface area contributed by atoms with Crippen molar-refractivity contribution in [3.63, 3.8) is 0 Å². The molecule has 2 aromatic carbocycles. The van der Waals surface area contributed by atoms with E-state index < -0.39 is 42.1 Å².